The molecule has 2 aromatic rings. The van der Waals surface area contributed by atoms with Crippen LogP contribution in [0.4, 0.5) is 0 Å². The summed E-state index contributed by atoms with van der Waals surface area (Å²) in [6.07, 6.45) is 5.77. The molecule has 1 fully saturated rings. The maximum absolute atomic E-state index is 6.46. The third-order valence-electron chi connectivity index (χ3n) is 3.98. The van der Waals surface area contributed by atoms with E-state index in [1.807, 2.05) is 13.0 Å². The highest BCUT2D eigenvalue weighted by molar-refractivity contribution is 5.56. The first kappa shape index (κ1) is 12.4. The summed E-state index contributed by atoms with van der Waals surface area (Å²) in [5.41, 5.74) is 6.85. The van der Waals surface area contributed by atoms with Gasteiger partial charge in [0.1, 0.15) is 5.76 Å². The molecule has 0 radical (unpaired) electrons. The number of hydrogen-bond acceptors (Lipinski definition) is 5. The van der Waals surface area contributed by atoms with Gasteiger partial charge in [0.05, 0.1) is 17.4 Å². The minimum absolute atomic E-state index is 0.472. The van der Waals surface area contributed by atoms with Crippen LogP contribution in [0.3, 0.4) is 0 Å². The predicted octanol–water partition coefficient (Wildman–Crippen LogP) is 3.00. The van der Waals surface area contributed by atoms with Crippen molar-refractivity contribution in [3.63, 3.8) is 0 Å². The van der Waals surface area contributed by atoms with Crippen molar-refractivity contribution in [2.24, 2.45) is 11.7 Å². The quantitative estimate of drug-likeness (QED) is 0.899. The molecule has 0 bridgehead atoms. The molecule has 2 aromatic heterocycles. The van der Waals surface area contributed by atoms with Crippen molar-refractivity contribution in [2.75, 3.05) is 0 Å². The maximum Gasteiger partial charge on any atom is 0.247 e. The van der Waals surface area contributed by atoms with E-state index < -0.39 is 5.54 Å². The maximum atomic E-state index is 6.46. The average Bonchev–Trinajstić information content (AvgIpc) is 2.96. The second-order valence-electron chi connectivity index (χ2n) is 5.67. The van der Waals surface area contributed by atoms with Crippen LogP contribution in [-0.4, -0.2) is 10.1 Å². The molecule has 5 nitrogen and oxygen atoms in total. The van der Waals surface area contributed by atoms with E-state index in [2.05, 4.69) is 17.1 Å². The Labute approximate surface area is 112 Å². The lowest BCUT2D eigenvalue weighted by Gasteiger charge is -2.33. The molecule has 2 N–H and O–H groups in total. The average molecular weight is 261 g/mol. The lowest BCUT2D eigenvalue weighted by Crippen LogP contribution is -2.41. The third kappa shape index (κ3) is 2.18. The molecule has 1 saturated carbocycles. The van der Waals surface area contributed by atoms with E-state index >= 15 is 0 Å². The smallest absolute Gasteiger partial charge is 0.247 e. The van der Waals surface area contributed by atoms with Gasteiger partial charge in [-0.15, -0.1) is 0 Å². The lowest BCUT2D eigenvalue weighted by atomic mass is 9.77. The fourth-order valence-electron chi connectivity index (χ4n) is 2.94. The van der Waals surface area contributed by atoms with Gasteiger partial charge in [-0.3, -0.25) is 0 Å². The monoisotopic (exact) mass is 261 g/mol. The van der Waals surface area contributed by atoms with E-state index in [1.54, 1.807) is 6.26 Å². The molecule has 0 spiro atoms. The molecule has 3 rings (SSSR count). The van der Waals surface area contributed by atoms with Crippen LogP contribution in [0.1, 0.15) is 44.3 Å². The molecule has 0 aliphatic heterocycles. The van der Waals surface area contributed by atoms with Crippen molar-refractivity contribution in [1.82, 2.24) is 10.1 Å². The zero-order chi connectivity index (χ0) is 13.5. The summed E-state index contributed by atoms with van der Waals surface area (Å²) in [4.78, 5) is 4.48. The number of hydrogen-bond donors (Lipinski definition) is 1. The van der Waals surface area contributed by atoms with Gasteiger partial charge in [-0.05, 0) is 31.7 Å². The fraction of sp³-hybridized carbons (Fsp3) is 0.571. The van der Waals surface area contributed by atoms with Crippen molar-refractivity contribution in [2.45, 2.75) is 45.1 Å². The normalized spacial score (nSPS) is 27.6. The minimum atomic E-state index is -0.472. The minimum Gasteiger partial charge on any atom is -0.469 e. The van der Waals surface area contributed by atoms with Crippen LogP contribution < -0.4 is 5.73 Å². The van der Waals surface area contributed by atoms with E-state index in [0.717, 1.165) is 30.6 Å². The highest BCUT2D eigenvalue weighted by atomic mass is 16.5. The molecule has 2 atom stereocenters. The molecule has 1 aliphatic rings. The molecule has 2 unspecified atom stereocenters. The van der Waals surface area contributed by atoms with Gasteiger partial charge < -0.3 is 14.7 Å². The Balaban J connectivity index is 1.91. The lowest BCUT2D eigenvalue weighted by molar-refractivity contribution is 0.183. The number of furan rings is 1. The Morgan fingerprint density at radius 1 is 1.47 bits per heavy atom. The zero-order valence-electron chi connectivity index (χ0n) is 11.3. The zero-order valence-corrected chi connectivity index (χ0v) is 11.3. The van der Waals surface area contributed by atoms with Gasteiger partial charge in [-0.1, -0.05) is 24.9 Å². The van der Waals surface area contributed by atoms with Crippen molar-refractivity contribution >= 4 is 0 Å². The van der Waals surface area contributed by atoms with Crippen LogP contribution in [0.5, 0.6) is 0 Å². The van der Waals surface area contributed by atoms with Gasteiger partial charge in [0.2, 0.25) is 11.7 Å². The number of aryl methyl sites for hydroxylation is 1. The predicted molar refractivity (Wildman–Crippen MR) is 70.2 cm³/mol. The summed E-state index contributed by atoms with van der Waals surface area (Å²) in [5.74, 6) is 2.50. The van der Waals surface area contributed by atoms with Gasteiger partial charge in [0.25, 0.3) is 0 Å². The first-order valence-electron chi connectivity index (χ1n) is 6.76. The first-order chi connectivity index (χ1) is 9.08. The third-order valence-corrected chi connectivity index (χ3v) is 3.98. The molecule has 1 aliphatic carbocycles. The molecule has 102 valence electrons. The van der Waals surface area contributed by atoms with Crippen LogP contribution in [0.25, 0.3) is 11.4 Å². The largest absolute Gasteiger partial charge is 0.469 e. The Kier molecular flexibility index (Phi) is 2.93. The van der Waals surface area contributed by atoms with Crippen molar-refractivity contribution in [3.05, 3.63) is 24.0 Å². The summed E-state index contributed by atoms with van der Waals surface area (Å²) >= 11 is 0. The fourth-order valence-corrected chi connectivity index (χ4v) is 2.94. The molecule has 2 heterocycles. The highest BCUT2D eigenvalue weighted by Crippen LogP contribution is 2.37. The molecular weight excluding hydrogens is 242 g/mol. The Bertz CT molecular complexity index is 575. The molecular formula is C14H19N3O2. The topological polar surface area (TPSA) is 78.1 Å². The van der Waals surface area contributed by atoms with E-state index in [4.69, 9.17) is 14.7 Å². The van der Waals surface area contributed by atoms with Crippen molar-refractivity contribution in [1.29, 1.82) is 0 Å². The van der Waals surface area contributed by atoms with Crippen LogP contribution in [0.15, 0.2) is 21.3 Å². The van der Waals surface area contributed by atoms with Gasteiger partial charge in [0, 0.05) is 0 Å². The van der Waals surface area contributed by atoms with Crippen LogP contribution in [-0.2, 0) is 5.54 Å². The van der Waals surface area contributed by atoms with E-state index in [0.29, 0.717) is 17.6 Å². The second kappa shape index (κ2) is 4.49. The van der Waals surface area contributed by atoms with Gasteiger partial charge in [0.15, 0.2) is 0 Å². The Hall–Kier alpha value is -1.62. The summed E-state index contributed by atoms with van der Waals surface area (Å²) in [6.45, 7) is 4.10. The van der Waals surface area contributed by atoms with Crippen molar-refractivity contribution < 1.29 is 8.94 Å². The first-order valence-corrected chi connectivity index (χ1v) is 6.76. The van der Waals surface area contributed by atoms with Gasteiger partial charge in [-0.2, -0.15) is 4.98 Å². The number of rotatable bonds is 2. The highest BCUT2D eigenvalue weighted by Gasteiger charge is 2.38. The Morgan fingerprint density at radius 2 is 2.32 bits per heavy atom. The molecule has 5 heteroatoms. The van der Waals surface area contributed by atoms with Gasteiger partial charge in [-0.25, -0.2) is 0 Å². The summed E-state index contributed by atoms with van der Waals surface area (Å²) < 4.78 is 10.7. The summed E-state index contributed by atoms with van der Waals surface area (Å²) in [5, 5.41) is 4.04. The Morgan fingerprint density at radius 3 is 3.00 bits per heavy atom. The van der Waals surface area contributed by atoms with Gasteiger partial charge >= 0.3 is 0 Å². The molecule has 0 aromatic carbocycles. The summed E-state index contributed by atoms with van der Waals surface area (Å²) in [7, 11) is 0. The number of nitrogens with zero attached hydrogens (tertiary/aromatic N) is 2. The standard InChI is InChI=1S/C14H19N3O2/c1-9-4-3-6-14(15,8-9)13-16-12(17-19-13)11-5-7-18-10(11)2/h5,7,9H,3-4,6,8,15H2,1-2H3. The molecule has 19 heavy (non-hydrogen) atoms. The van der Waals surface area contributed by atoms with Crippen LogP contribution in [0.2, 0.25) is 0 Å². The number of aromatic nitrogens is 2. The number of nitrogens with two attached hydrogens (primary N) is 1. The second-order valence-corrected chi connectivity index (χ2v) is 5.67. The van der Waals surface area contributed by atoms with E-state index in [1.165, 1.54) is 6.42 Å². The molecule has 0 saturated heterocycles. The van der Waals surface area contributed by atoms with Crippen LogP contribution >= 0.6 is 0 Å². The van der Waals surface area contributed by atoms with Crippen molar-refractivity contribution in [3.8, 4) is 11.4 Å². The van der Waals surface area contributed by atoms with E-state index in [-0.39, 0.29) is 0 Å². The SMILES string of the molecule is Cc1occc1-c1noc(C2(N)CCCC(C)C2)n1. The molecule has 0 amide bonds. The summed E-state index contributed by atoms with van der Waals surface area (Å²) in [6, 6.07) is 1.84. The van der Waals surface area contributed by atoms with E-state index in [9.17, 15) is 0 Å². The van der Waals surface area contributed by atoms with Crippen LogP contribution in [0, 0.1) is 12.8 Å².